The van der Waals surface area contributed by atoms with Gasteiger partial charge in [-0.1, -0.05) is 37.0 Å². The molecular weight excluding hydrogens is 398 g/mol. The van der Waals surface area contributed by atoms with E-state index >= 15 is 0 Å². The lowest BCUT2D eigenvalue weighted by molar-refractivity contribution is 0.802. The van der Waals surface area contributed by atoms with Crippen LogP contribution in [0.15, 0.2) is 23.0 Å². The minimum atomic E-state index is -0.139. The van der Waals surface area contributed by atoms with Crippen LogP contribution in [0.3, 0.4) is 0 Å². The van der Waals surface area contributed by atoms with Crippen molar-refractivity contribution in [3.63, 3.8) is 0 Å². The van der Waals surface area contributed by atoms with E-state index in [2.05, 4.69) is 9.97 Å². The van der Waals surface area contributed by atoms with E-state index in [1.54, 1.807) is 18.2 Å². The summed E-state index contributed by atoms with van der Waals surface area (Å²) in [5.41, 5.74) is 1.38. The Morgan fingerprint density at radius 3 is 2.53 bits per heavy atom. The number of benzene rings is 1. The fraction of sp³-hybridized carbons (Fsp3) is 0.231. The molecule has 1 heterocycles. The van der Waals surface area contributed by atoms with Crippen LogP contribution in [0.2, 0.25) is 10.0 Å². The summed E-state index contributed by atoms with van der Waals surface area (Å²) in [7, 11) is 0. The van der Waals surface area contributed by atoms with Gasteiger partial charge in [-0.3, -0.25) is 4.79 Å². The topological polar surface area (TPSA) is 45.8 Å². The average Bonchev–Trinajstić information content (AvgIpc) is 2.35. The van der Waals surface area contributed by atoms with Gasteiger partial charge in [0, 0.05) is 5.56 Å². The smallest absolute Gasteiger partial charge is 0.264 e. The summed E-state index contributed by atoms with van der Waals surface area (Å²) in [4.78, 5) is 19.2. The molecule has 0 amide bonds. The van der Waals surface area contributed by atoms with Crippen LogP contribution in [0.1, 0.15) is 25.5 Å². The molecule has 0 spiro atoms. The monoisotopic (exact) mass is 408 g/mol. The number of H-pyrrole nitrogens is 1. The number of nitrogens with zero attached hydrogens (tertiary/aromatic N) is 1. The fourth-order valence-electron chi connectivity index (χ4n) is 1.64. The molecule has 0 fully saturated rings. The minimum absolute atomic E-state index is 0.139. The lowest BCUT2D eigenvalue weighted by Crippen LogP contribution is -2.17. The molecule has 0 atom stereocenters. The number of aromatic amines is 1. The van der Waals surface area contributed by atoms with Crippen LogP contribution in [0.25, 0.3) is 11.4 Å². The molecule has 0 bridgehead atoms. The third-order valence-corrected chi connectivity index (χ3v) is 4.41. The zero-order chi connectivity index (χ0) is 14.2. The van der Waals surface area contributed by atoms with E-state index in [1.807, 2.05) is 36.4 Å². The van der Waals surface area contributed by atoms with Crippen molar-refractivity contribution < 1.29 is 0 Å². The maximum Gasteiger partial charge on any atom is 0.264 e. The Morgan fingerprint density at radius 2 is 1.95 bits per heavy atom. The van der Waals surface area contributed by atoms with Gasteiger partial charge in [0.1, 0.15) is 5.82 Å². The molecule has 1 aromatic carbocycles. The molecule has 2 aromatic rings. The zero-order valence-electron chi connectivity index (χ0n) is 10.3. The highest BCUT2D eigenvalue weighted by atomic mass is 127. The van der Waals surface area contributed by atoms with Crippen LogP contribution in [0.5, 0.6) is 0 Å². The number of aromatic nitrogens is 2. The Labute approximate surface area is 134 Å². The Morgan fingerprint density at radius 1 is 1.26 bits per heavy atom. The third kappa shape index (κ3) is 3.12. The van der Waals surface area contributed by atoms with Gasteiger partial charge in [0.05, 0.1) is 19.3 Å². The van der Waals surface area contributed by atoms with Crippen LogP contribution in [0, 0.1) is 3.57 Å². The first-order valence-corrected chi connectivity index (χ1v) is 7.48. The normalized spacial score (nSPS) is 11.1. The van der Waals surface area contributed by atoms with E-state index in [0.29, 0.717) is 19.4 Å². The molecule has 0 unspecified atom stereocenters. The van der Waals surface area contributed by atoms with Crippen LogP contribution in [-0.4, -0.2) is 9.97 Å². The molecule has 0 aliphatic rings. The molecule has 6 heteroatoms. The molecule has 19 heavy (non-hydrogen) atoms. The summed E-state index contributed by atoms with van der Waals surface area (Å²) in [5.74, 6) is 0.684. The predicted molar refractivity (Wildman–Crippen MR) is 87.1 cm³/mol. The first-order chi connectivity index (χ1) is 8.90. The van der Waals surface area contributed by atoms with E-state index in [-0.39, 0.29) is 11.5 Å². The first kappa shape index (κ1) is 14.8. The van der Waals surface area contributed by atoms with E-state index in [0.717, 1.165) is 11.3 Å². The summed E-state index contributed by atoms with van der Waals surface area (Å²) in [6, 6.07) is 5.16. The predicted octanol–water partition coefficient (Wildman–Crippen LogP) is 4.47. The maximum atomic E-state index is 11.9. The molecule has 0 radical (unpaired) electrons. The summed E-state index contributed by atoms with van der Waals surface area (Å²) in [5, 5.41) is 0.911. The summed E-state index contributed by atoms with van der Waals surface area (Å²) in [6.45, 7) is 4.01. The van der Waals surface area contributed by atoms with Gasteiger partial charge in [0.15, 0.2) is 0 Å². The molecule has 3 nitrogen and oxygen atoms in total. The number of hydrogen-bond donors (Lipinski definition) is 1. The molecule has 0 saturated carbocycles. The molecule has 1 aromatic heterocycles. The molecule has 0 aliphatic carbocycles. The van der Waals surface area contributed by atoms with Crippen molar-refractivity contribution in [1.82, 2.24) is 9.97 Å². The quantitative estimate of drug-likeness (QED) is 0.745. The van der Waals surface area contributed by atoms with Crippen molar-refractivity contribution in [2.24, 2.45) is 0 Å². The van der Waals surface area contributed by atoms with Gasteiger partial charge in [-0.15, -0.1) is 0 Å². The van der Waals surface area contributed by atoms with Crippen LogP contribution < -0.4 is 5.56 Å². The summed E-state index contributed by atoms with van der Waals surface area (Å²) < 4.78 is 0.622. The highest BCUT2D eigenvalue weighted by Gasteiger charge is 2.13. The highest BCUT2D eigenvalue weighted by molar-refractivity contribution is 14.1. The lowest BCUT2D eigenvalue weighted by atomic mass is 10.1. The Kier molecular flexibility index (Phi) is 4.53. The van der Waals surface area contributed by atoms with E-state index in [1.165, 1.54) is 0 Å². The van der Waals surface area contributed by atoms with Crippen molar-refractivity contribution in [3.8, 4) is 11.4 Å². The lowest BCUT2D eigenvalue weighted by Gasteiger charge is -2.10. The van der Waals surface area contributed by atoms with Gasteiger partial charge in [0.25, 0.3) is 5.56 Å². The maximum absolute atomic E-state index is 11.9. The summed E-state index contributed by atoms with van der Waals surface area (Å²) in [6.07, 6.45) is 0. The molecule has 1 N–H and O–H groups in total. The Balaban J connectivity index is 2.63. The molecule has 0 aliphatic heterocycles. The van der Waals surface area contributed by atoms with Gasteiger partial charge in [-0.05, 0) is 46.7 Å². The van der Waals surface area contributed by atoms with Gasteiger partial charge in [-0.25, -0.2) is 4.98 Å². The van der Waals surface area contributed by atoms with E-state index < -0.39 is 0 Å². The Bertz CT molecular complexity index is 683. The molecule has 2 rings (SSSR count). The van der Waals surface area contributed by atoms with Crippen LogP contribution in [-0.2, 0) is 0 Å². The zero-order valence-corrected chi connectivity index (χ0v) is 14.0. The number of nitrogens with one attached hydrogen (secondary N) is 1. The van der Waals surface area contributed by atoms with Gasteiger partial charge in [-0.2, -0.15) is 0 Å². The highest BCUT2D eigenvalue weighted by Crippen LogP contribution is 2.27. The Hall–Kier alpha value is -0.590. The first-order valence-electron chi connectivity index (χ1n) is 5.65. The second-order valence-electron chi connectivity index (χ2n) is 4.40. The summed E-state index contributed by atoms with van der Waals surface area (Å²) >= 11 is 13.9. The number of hydrogen-bond acceptors (Lipinski definition) is 2. The van der Waals surface area contributed by atoms with Gasteiger partial charge < -0.3 is 4.98 Å². The van der Waals surface area contributed by atoms with Crippen LogP contribution in [0.4, 0.5) is 0 Å². The molecule has 0 saturated heterocycles. The average molecular weight is 409 g/mol. The van der Waals surface area contributed by atoms with Crippen molar-refractivity contribution >= 4 is 45.8 Å². The van der Waals surface area contributed by atoms with E-state index in [9.17, 15) is 4.79 Å². The van der Waals surface area contributed by atoms with Crippen molar-refractivity contribution in [3.05, 3.63) is 47.9 Å². The largest absolute Gasteiger partial charge is 0.306 e. The number of rotatable bonds is 2. The second-order valence-corrected chi connectivity index (χ2v) is 6.29. The van der Waals surface area contributed by atoms with Crippen molar-refractivity contribution in [1.29, 1.82) is 0 Å². The SMILES string of the molecule is CC(C)c1nc(-c2ccc(Cl)c(Cl)c2)[nH]c(=O)c1I. The van der Waals surface area contributed by atoms with Gasteiger partial charge >= 0.3 is 0 Å². The van der Waals surface area contributed by atoms with Gasteiger partial charge in [0.2, 0.25) is 0 Å². The van der Waals surface area contributed by atoms with Crippen LogP contribution >= 0.6 is 45.8 Å². The molecular formula is C13H11Cl2IN2O. The van der Waals surface area contributed by atoms with Crippen molar-refractivity contribution in [2.45, 2.75) is 19.8 Å². The van der Waals surface area contributed by atoms with Crippen molar-refractivity contribution in [2.75, 3.05) is 0 Å². The molecule has 100 valence electrons. The second kappa shape index (κ2) is 5.81. The third-order valence-electron chi connectivity index (χ3n) is 2.63. The number of halogens is 3. The fourth-order valence-corrected chi connectivity index (χ4v) is 2.82. The standard InChI is InChI=1S/C13H11Cl2IN2O/c1-6(2)11-10(16)13(19)18-12(17-11)7-3-4-8(14)9(15)5-7/h3-6H,1-2H3,(H,17,18,19). The van der Waals surface area contributed by atoms with E-state index in [4.69, 9.17) is 23.2 Å². The minimum Gasteiger partial charge on any atom is -0.306 e.